The summed E-state index contributed by atoms with van der Waals surface area (Å²) in [5.74, 6) is -4.48. The van der Waals surface area contributed by atoms with Gasteiger partial charge >= 0.3 is 29.8 Å². The van der Waals surface area contributed by atoms with Crippen molar-refractivity contribution in [1.82, 2.24) is 0 Å². The van der Waals surface area contributed by atoms with E-state index in [-0.39, 0.29) is 61.0 Å². The van der Waals surface area contributed by atoms with Gasteiger partial charge in [-0.2, -0.15) is 0 Å². The largest absolute Gasteiger partial charge is 0.481 e. The van der Waals surface area contributed by atoms with Crippen molar-refractivity contribution in [3.63, 3.8) is 0 Å². The van der Waals surface area contributed by atoms with Gasteiger partial charge in [-0.25, -0.2) is 0 Å². The first-order valence-electron chi connectivity index (χ1n) is 23.1. The van der Waals surface area contributed by atoms with Crippen LogP contribution in [-0.4, -0.2) is 75.5 Å². The van der Waals surface area contributed by atoms with Crippen LogP contribution in [0.5, 0.6) is 0 Å². The van der Waals surface area contributed by atoms with Gasteiger partial charge in [-0.15, -0.1) is 12.4 Å². The molecule has 3 rings (SSSR count). The second kappa shape index (κ2) is 29.8. The molecule has 11 nitrogen and oxygen atoms in total. The standard InChI is InChI=1S/C21H33ClO4Si.C16H21ClO4.C15H24ClNO2Si.ClH/c1-15(20(24)25-12-13-27(5,6)7)18(14-19(23)26-21(2,3)4)16-8-10-17(22)11-9-16;1-10(15(19)20)13(9-14(18)21-16(2,3)4)11-5-7-12(17)8-6-11;1-11(15(18)19-9-10-20(2,3)4)14(17)12-5-7-13(16)8-6-12;/h8-11,15,18H,12-14H2,1-7H3;5-8,10,13H,9H2,1-4H3,(H,19,20);5-8,11,14H,9-10,17H2,1-4H3;1H/t15-,18-;10-,13-;11-,14-;/m000./s1. The van der Waals surface area contributed by atoms with Crippen molar-refractivity contribution in [2.24, 2.45) is 23.5 Å². The number of hydrogen-bond acceptors (Lipinski definition) is 10. The molecule has 0 heterocycles. The zero-order valence-corrected chi connectivity index (χ0v) is 48.5. The summed E-state index contributed by atoms with van der Waals surface area (Å²) < 4.78 is 21.6. The molecule has 6 atom stereocenters. The summed E-state index contributed by atoms with van der Waals surface area (Å²) in [5, 5.41) is 11.1. The van der Waals surface area contributed by atoms with Gasteiger partial charge in [0.05, 0.1) is 43.8 Å². The van der Waals surface area contributed by atoms with Crippen molar-refractivity contribution in [3.8, 4) is 0 Å². The highest BCUT2D eigenvalue weighted by molar-refractivity contribution is 6.76. The summed E-state index contributed by atoms with van der Waals surface area (Å²) in [4.78, 5) is 60.2. The van der Waals surface area contributed by atoms with Crippen molar-refractivity contribution < 1.29 is 48.0 Å². The fraction of sp³-hybridized carbons (Fsp3) is 0.558. The van der Waals surface area contributed by atoms with Crippen LogP contribution in [0.2, 0.25) is 66.4 Å². The summed E-state index contributed by atoms with van der Waals surface area (Å²) >= 11 is 17.7. The Kier molecular flexibility index (Phi) is 28.3. The Morgan fingerprint density at radius 1 is 0.536 bits per heavy atom. The fourth-order valence-corrected chi connectivity index (χ4v) is 8.15. The van der Waals surface area contributed by atoms with Crippen molar-refractivity contribution in [3.05, 3.63) is 105 Å². The second-order valence-electron chi connectivity index (χ2n) is 21.6. The molecule has 0 aliphatic heterocycles. The number of nitrogens with two attached hydrogens (primary N) is 1. The monoisotopic (exact) mass is 1070 g/mol. The number of carbonyl (C=O) groups excluding carboxylic acids is 4. The van der Waals surface area contributed by atoms with Gasteiger partial charge in [-0.3, -0.25) is 24.0 Å². The van der Waals surface area contributed by atoms with E-state index in [9.17, 15) is 29.1 Å². The molecule has 0 aliphatic rings. The minimum atomic E-state index is -1.28. The van der Waals surface area contributed by atoms with Crippen LogP contribution < -0.4 is 5.73 Å². The lowest BCUT2D eigenvalue weighted by Gasteiger charge is -2.26. The van der Waals surface area contributed by atoms with Gasteiger partial charge < -0.3 is 29.8 Å². The Labute approximate surface area is 435 Å². The van der Waals surface area contributed by atoms with E-state index in [1.54, 1.807) is 90.1 Å². The smallest absolute Gasteiger partial charge is 0.310 e. The van der Waals surface area contributed by atoms with Crippen LogP contribution in [0, 0.1) is 17.8 Å². The Bertz CT molecular complexity index is 2040. The highest BCUT2D eigenvalue weighted by atomic mass is 35.5. The summed E-state index contributed by atoms with van der Waals surface area (Å²) in [6, 6.07) is 22.9. The van der Waals surface area contributed by atoms with E-state index in [1.165, 1.54) is 0 Å². The maximum atomic E-state index is 12.6. The van der Waals surface area contributed by atoms with Crippen LogP contribution in [0.15, 0.2) is 72.8 Å². The minimum Gasteiger partial charge on any atom is -0.481 e. The first kappa shape index (κ1) is 65.6. The molecular weight excluding hydrogens is 997 g/mol. The van der Waals surface area contributed by atoms with Crippen LogP contribution in [-0.2, 0) is 42.9 Å². The van der Waals surface area contributed by atoms with Crippen molar-refractivity contribution in [2.75, 3.05) is 13.2 Å². The van der Waals surface area contributed by atoms with Crippen LogP contribution in [0.25, 0.3) is 0 Å². The van der Waals surface area contributed by atoms with Crippen LogP contribution in [0.4, 0.5) is 0 Å². The molecule has 0 saturated heterocycles. The third-order valence-electron chi connectivity index (χ3n) is 10.5. The van der Waals surface area contributed by atoms with Gasteiger partial charge in [0.1, 0.15) is 11.2 Å². The van der Waals surface area contributed by atoms with Crippen LogP contribution in [0.3, 0.4) is 0 Å². The lowest BCUT2D eigenvalue weighted by Crippen LogP contribution is -2.29. The molecule has 0 spiro atoms. The topological polar surface area (TPSA) is 169 Å². The average Bonchev–Trinajstić information content (AvgIpc) is 3.20. The molecule has 0 amide bonds. The maximum Gasteiger partial charge on any atom is 0.310 e. The van der Waals surface area contributed by atoms with E-state index in [2.05, 4.69) is 39.3 Å². The number of carboxylic acid groups (broad SMARTS) is 1. The molecule has 0 unspecified atom stereocenters. The predicted octanol–water partition coefficient (Wildman–Crippen LogP) is 13.8. The summed E-state index contributed by atoms with van der Waals surface area (Å²) in [6.45, 7) is 30.4. The molecule has 0 radical (unpaired) electrons. The van der Waals surface area contributed by atoms with E-state index >= 15 is 0 Å². The van der Waals surface area contributed by atoms with Gasteiger partial charge in [0.15, 0.2) is 0 Å². The fourth-order valence-electron chi connectivity index (χ4n) is 6.35. The Hall–Kier alpha value is -3.44. The molecule has 0 saturated carbocycles. The molecule has 0 fully saturated rings. The summed E-state index contributed by atoms with van der Waals surface area (Å²) in [6.07, 6.45) is 0.134. The average molecular weight is 1080 g/mol. The number of hydrogen-bond donors (Lipinski definition) is 2. The van der Waals surface area contributed by atoms with E-state index in [0.29, 0.717) is 28.3 Å². The molecule has 17 heteroatoms. The Morgan fingerprint density at radius 2 is 0.826 bits per heavy atom. The molecule has 0 aromatic heterocycles. The molecule has 69 heavy (non-hydrogen) atoms. The van der Waals surface area contributed by atoms with Crippen molar-refractivity contribution in [2.45, 2.75) is 156 Å². The predicted molar refractivity (Wildman–Crippen MR) is 288 cm³/mol. The molecule has 388 valence electrons. The molecule has 0 aliphatic carbocycles. The van der Waals surface area contributed by atoms with Crippen molar-refractivity contribution in [1.29, 1.82) is 0 Å². The minimum absolute atomic E-state index is 0. The quantitative estimate of drug-likeness (QED) is 0.0666. The van der Waals surface area contributed by atoms with E-state index in [4.69, 9.17) is 59.5 Å². The normalized spacial score (nSPS) is 14.2. The molecular formula is C52H79Cl4NO10Si2. The molecule has 3 aromatic rings. The van der Waals surface area contributed by atoms with Gasteiger partial charge in [-0.1, -0.05) is 131 Å². The van der Waals surface area contributed by atoms with Gasteiger partial charge in [-0.05, 0) is 107 Å². The van der Waals surface area contributed by atoms with Crippen molar-refractivity contribution >= 4 is 93.2 Å². The summed E-state index contributed by atoms with van der Waals surface area (Å²) in [7, 11) is -2.45. The van der Waals surface area contributed by atoms with E-state index < -0.39 is 57.0 Å². The van der Waals surface area contributed by atoms with Crippen LogP contribution >= 0.6 is 47.2 Å². The number of esters is 4. The zero-order chi connectivity index (χ0) is 52.4. The third kappa shape index (κ3) is 28.3. The first-order chi connectivity index (χ1) is 31.1. The summed E-state index contributed by atoms with van der Waals surface area (Å²) in [5.41, 5.74) is 7.49. The number of carbonyl (C=O) groups is 5. The number of ether oxygens (including phenoxy) is 4. The highest BCUT2D eigenvalue weighted by Gasteiger charge is 2.32. The van der Waals surface area contributed by atoms with Gasteiger partial charge in [0.2, 0.25) is 0 Å². The molecule has 3 aromatic carbocycles. The Morgan fingerprint density at radius 3 is 1.12 bits per heavy atom. The number of benzene rings is 3. The van der Waals surface area contributed by atoms with E-state index in [0.717, 1.165) is 28.8 Å². The number of halogens is 4. The number of carboxylic acids is 1. The number of rotatable bonds is 19. The van der Waals surface area contributed by atoms with Gasteiger partial charge in [0.25, 0.3) is 0 Å². The first-order valence-corrected chi connectivity index (χ1v) is 31.7. The SMILES string of the molecule is C[C@H](C(=O)O)[C@H](CC(=O)OC(C)(C)C)c1ccc(Cl)cc1.C[C@H](C(=O)OCC[Si](C)(C)C)[C@H](CC(=O)OC(C)(C)C)c1ccc(Cl)cc1.C[C@H](C(=O)OCC[Si](C)(C)C)[C@H](N)c1ccc(Cl)cc1.Cl. The highest BCUT2D eigenvalue weighted by Crippen LogP contribution is 2.33. The molecule has 3 N–H and O–H groups in total. The third-order valence-corrected chi connectivity index (χ3v) is 14.7. The van der Waals surface area contributed by atoms with Gasteiger partial charge in [0, 0.05) is 49.1 Å². The maximum absolute atomic E-state index is 12.6. The lowest BCUT2D eigenvalue weighted by molar-refractivity contribution is -0.158. The second-order valence-corrected chi connectivity index (χ2v) is 34.2. The molecule has 0 bridgehead atoms. The Balaban J connectivity index is 0.00000101. The van der Waals surface area contributed by atoms with Crippen LogP contribution in [0.1, 0.15) is 110 Å². The lowest BCUT2D eigenvalue weighted by atomic mass is 9.84. The number of aliphatic carboxylic acids is 1. The zero-order valence-electron chi connectivity index (χ0n) is 43.4. The van der Waals surface area contributed by atoms with E-state index in [1.807, 2.05) is 45.0 Å².